The van der Waals surface area contributed by atoms with Crippen molar-refractivity contribution in [2.75, 3.05) is 51.3 Å². The van der Waals surface area contributed by atoms with Gasteiger partial charge in [0, 0.05) is 39.3 Å². The van der Waals surface area contributed by atoms with Crippen LogP contribution in [0.3, 0.4) is 0 Å². The summed E-state index contributed by atoms with van der Waals surface area (Å²) < 4.78 is 6.10. The first-order chi connectivity index (χ1) is 12.8. The summed E-state index contributed by atoms with van der Waals surface area (Å²) >= 11 is 1.89. The zero-order chi connectivity index (χ0) is 18.2. The van der Waals surface area contributed by atoms with Crippen molar-refractivity contribution in [3.05, 3.63) is 35.9 Å². The van der Waals surface area contributed by atoms with Gasteiger partial charge in [-0.3, -0.25) is 9.89 Å². The van der Waals surface area contributed by atoms with Crippen LogP contribution in [0.5, 0.6) is 0 Å². The van der Waals surface area contributed by atoms with Crippen molar-refractivity contribution >= 4 is 41.7 Å². The Morgan fingerprint density at radius 3 is 2.85 bits per heavy atom. The molecule has 0 spiro atoms. The molecule has 2 aliphatic heterocycles. The number of hydrogen-bond acceptors (Lipinski definition) is 4. The zero-order valence-corrected chi connectivity index (χ0v) is 19.6. The fourth-order valence-corrected chi connectivity index (χ4v) is 4.18. The summed E-state index contributed by atoms with van der Waals surface area (Å²) in [6.45, 7) is 8.69. The zero-order valence-electron chi connectivity index (χ0n) is 16.5. The summed E-state index contributed by atoms with van der Waals surface area (Å²) in [5.41, 5.74) is 1.38. The predicted octanol–water partition coefficient (Wildman–Crippen LogP) is 2.91. The average Bonchev–Trinajstić information content (AvgIpc) is 3.10. The van der Waals surface area contributed by atoms with Crippen LogP contribution in [-0.4, -0.2) is 79.2 Å². The number of guanidine groups is 1. The number of nitrogens with one attached hydrogen (secondary N) is 1. The molecule has 2 fully saturated rings. The molecule has 0 saturated carbocycles. The van der Waals surface area contributed by atoms with E-state index in [4.69, 9.17) is 9.73 Å². The highest BCUT2D eigenvalue weighted by atomic mass is 127. The maximum absolute atomic E-state index is 6.10. The van der Waals surface area contributed by atoms with Crippen LogP contribution in [0, 0.1) is 0 Å². The number of rotatable bonds is 7. The van der Waals surface area contributed by atoms with Crippen LogP contribution in [0.15, 0.2) is 35.3 Å². The number of nitrogens with zero attached hydrogens (tertiary/aromatic N) is 3. The number of morpholine rings is 1. The van der Waals surface area contributed by atoms with Crippen molar-refractivity contribution in [1.29, 1.82) is 0 Å². The Bertz CT molecular complexity index is 574. The fourth-order valence-electron chi connectivity index (χ4n) is 3.77. The average molecular weight is 504 g/mol. The maximum Gasteiger partial charge on any atom is 0.194 e. The van der Waals surface area contributed by atoms with Gasteiger partial charge in [0.05, 0.1) is 18.8 Å². The van der Waals surface area contributed by atoms with Crippen LogP contribution in [0.2, 0.25) is 0 Å². The van der Waals surface area contributed by atoms with Gasteiger partial charge in [-0.1, -0.05) is 30.3 Å². The Morgan fingerprint density at radius 1 is 1.30 bits per heavy atom. The molecule has 2 saturated heterocycles. The molecule has 2 unspecified atom stereocenters. The normalized spacial score (nSPS) is 23.0. The number of benzene rings is 1. The quantitative estimate of drug-likeness (QED) is 0.268. The van der Waals surface area contributed by atoms with Gasteiger partial charge in [-0.05, 0) is 30.9 Å². The van der Waals surface area contributed by atoms with E-state index in [0.29, 0.717) is 6.04 Å². The monoisotopic (exact) mass is 504 g/mol. The topological polar surface area (TPSA) is 40.1 Å². The lowest BCUT2D eigenvalue weighted by Crippen LogP contribution is -2.50. The Hall–Kier alpha value is -0.510. The van der Waals surface area contributed by atoms with E-state index in [-0.39, 0.29) is 30.1 Å². The fraction of sp³-hybridized carbons (Fsp3) is 0.650. The summed E-state index contributed by atoms with van der Waals surface area (Å²) in [7, 11) is 0. The van der Waals surface area contributed by atoms with Crippen molar-refractivity contribution in [2.24, 2.45) is 4.99 Å². The van der Waals surface area contributed by atoms with Crippen molar-refractivity contribution in [2.45, 2.75) is 32.0 Å². The summed E-state index contributed by atoms with van der Waals surface area (Å²) in [4.78, 5) is 9.82. The molecule has 0 bridgehead atoms. The lowest BCUT2D eigenvalue weighted by Gasteiger charge is -2.36. The molecule has 2 atom stereocenters. The number of thioether (sulfide) groups is 1. The lowest BCUT2D eigenvalue weighted by molar-refractivity contribution is -0.0502. The molecule has 2 aliphatic rings. The van der Waals surface area contributed by atoms with Crippen LogP contribution in [0.1, 0.15) is 18.9 Å². The van der Waals surface area contributed by atoms with E-state index in [0.717, 1.165) is 58.3 Å². The van der Waals surface area contributed by atoms with Gasteiger partial charge in [0.1, 0.15) is 0 Å². The molecular formula is C20H33IN4OS. The molecule has 152 valence electrons. The predicted molar refractivity (Wildman–Crippen MR) is 126 cm³/mol. The standard InChI is InChI=1S/C20H32N4OS.HI/c1-3-21-20(22-10-7-13-26-2)24-15-18-19(16-24)25-12-11-23(18)14-17-8-5-4-6-9-17;/h4-6,8-9,18-19H,3,7,10-16H2,1-2H3,(H,21,22);1H. The van der Waals surface area contributed by atoms with Crippen molar-refractivity contribution < 1.29 is 4.74 Å². The van der Waals surface area contributed by atoms with Gasteiger partial charge >= 0.3 is 0 Å². The highest BCUT2D eigenvalue weighted by Gasteiger charge is 2.41. The van der Waals surface area contributed by atoms with Crippen LogP contribution in [0.4, 0.5) is 0 Å². The second-order valence-corrected chi connectivity index (χ2v) is 7.91. The third-order valence-corrected chi connectivity index (χ3v) is 5.74. The molecule has 5 nitrogen and oxygen atoms in total. The Labute approximate surface area is 185 Å². The van der Waals surface area contributed by atoms with E-state index < -0.39 is 0 Å². The number of ether oxygens (including phenoxy) is 1. The van der Waals surface area contributed by atoms with E-state index in [1.165, 1.54) is 11.3 Å². The number of likely N-dealkylation sites (tertiary alicyclic amines) is 1. The minimum Gasteiger partial charge on any atom is -0.373 e. The van der Waals surface area contributed by atoms with Crippen LogP contribution in [0.25, 0.3) is 0 Å². The molecule has 7 heteroatoms. The third-order valence-electron chi connectivity index (χ3n) is 5.05. The van der Waals surface area contributed by atoms with Crippen LogP contribution in [-0.2, 0) is 11.3 Å². The molecule has 0 aromatic heterocycles. The van der Waals surface area contributed by atoms with Crippen LogP contribution < -0.4 is 5.32 Å². The summed E-state index contributed by atoms with van der Waals surface area (Å²) in [6.07, 6.45) is 3.56. The van der Waals surface area contributed by atoms with Gasteiger partial charge in [-0.2, -0.15) is 11.8 Å². The molecule has 27 heavy (non-hydrogen) atoms. The number of halogens is 1. The summed E-state index contributed by atoms with van der Waals surface area (Å²) in [5, 5.41) is 3.47. The minimum atomic E-state index is 0. The third kappa shape index (κ3) is 6.51. The van der Waals surface area contributed by atoms with Crippen molar-refractivity contribution in [1.82, 2.24) is 15.1 Å². The van der Waals surface area contributed by atoms with E-state index in [2.05, 4.69) is 58.6 Å². The van der Waals surface area contributed by atoms with Gasteiger partial charge in [0.25, 0.3) is 0 Å². The van der Waals surface area contributed by atoms with Crippen LogP contribution >= 0.6 is 35.7 Å². The van der Waals surface area contributed by atoms with E-state index >= 15 is 0 Å². The number of aliphatic imine (C=N–C) groups is 1. The molecule has 0 radical (unpaired) electrons. The van der Waals surface area contributed by atoms with Gasteiger partial charge in [0.15, 0.2) is 5.96 Å². The van der Waals surface area contributed by atoms with Gasteiger partial charge in [0.2, 0.25) is 0 Å². The largest absolute Gasteiger partial charge is 0.373 e. The van der Waals surface area contributed by atoms with Gasteiger partial charge in [-0.25, -0.2) is 0 Å². The maximum atomic E-state index is 6.10. The molecule has 1 aromatic rings. The van der Waals surface area contributed by atoms with E-state index in [9.17, 15) is 0 Å². The molecule has 1 N–H and O–H groups in total. The number of fused-ring (bicyclic) bond motifs is 1. The van der Waals surface area contributed by atoms with Crippen molar-refractivity contribution in [3.8, 4) is 0 Å². The van der Waals surface area contributed by atoms with E-state index in [1.807, 2.05) is 11.8 Å². The number of hydrogen-bond donors (Lipinski definition) is 1. The Kier molecular flexibility index (Phi) is 10.2. The van der Waals surface area contributed by atoms with Gasteiger partial charge in [-0.15, -0.1) is 24.0 Å². The Balaban J connectivity index is 0.00000261. The molecular weight excluding hydrogens is 471 g/mol. The summed E-state index contributed by atoms with van der Waals surface area (Å²) in [6, 6.07) is 11.2. The van der Waals surface area contributed by atoms with E-state index in [1.54, 1.807) is 0 Å². The summed E-state index contributed by atoms with van der Waals surface area (Å²) in [5.74, 6) is 2.22. The highest BCUT2D eigenvalue weighted by molar-refractivity contribution is 14.0. The smallest absolute Gasteiger partial charge is 0.194 e. The Morgan fingerprint density at radius 2 is 2.11 bits per heavy atom. The first-order valence-electron chi connectivity index (χ1n) is 9.73. The molecule has 0 aliphatic carbocycles. The molecule has 3 rings (SSSR count). The lowest BCUT2D eigenvalue weighted by atomic mass is 10.1. The van der Waals surface area contributed by atoms with Crippen molar-refractivity contribution in [3.63, 3.8) is 0 Å². The minimum absolute atomic E-state index is 0. The first-order valence-corrected chi connectivity index (χ1v) is 11.1. The SMILES string of the molecule is CCNC(=NCCCSC)N1CC2OCCN(Cc3ccccc3)C2C1.I. The molecule has 2 heterocycles. The second kappa shape index (κ2) is 12.1. The first kappa shape index (κ1) is 22.8. The van der Waals surface area contributed by atoms with Gasteiger partial charge < -0.3 is 15.0 Å². The molecule has 1 aromatic carbocycles. The molecule has 0 amide bonds. The second-order valence-electron chi connectivity index (χ2n) is 6.92. The highest BCUT2D eigenvalue weighted by Crippen LogP contribution is 2.24.